The summed E-state index contributed by atoms with van der Waals surface area (Å²) in [5.74, 6) is 1.69. The van der Waals surface area contributed by atoms with Crippen molar-refractivity contribution in [2.75, 3.05) is 42.6 Å². The van der Waals surface area contributed by atoms with Crippen LogP contribution in [0.15, 0.2) is 30.3 Å². The summed E-state index contributed by atoms with van der Waals surface area (Å²) in [4.78, 5) is 17.7. The van der Waals surface area contributed by atoms with Gasteiger partial charge in [-0.1, -0.05) is 25.0 Å². The summed E-state index contributed by atoms with van der Waals surface area (Å²) in [6.07, 6.45) is 12.3. The van der Waals surface area contributed by atoms with E-state index in [0.717, 1.165) is 43.0 Å². The van der Waals surface area contributed by atoms with E-state index >= 15 is 4.39 Å². The zero-order valence-corrected chi connectivity index (χ0v) is 25.5. The highest BCUT2D eigenvalue weighted by Gasteiger charge is 2.54. The molecule has 2 aromatic carbocycles. The average molecular weight is 599 g/mol. The number of phenols is 1. The number of hydrogen-bond acceptors (Lipinski definition) is 8. The van der Waals surface area contributed by atoms with E-state index in [1.54, 1.807) is 18.2 Å². The summed E-state index contributed by atoms with van der Waals surface area (Å²) in [6.45, 7) is 4.97. The highest BCUT2D eigenvalue weighted by molar-refractivity contribution is 5.96. The van der Waals surface area contributed by atoms with E-state index in [1.807, 2.05) is 6.07 Å². The second-order valence-corrected chi connectivity index (χ2v) is 14.4. The highest BCUT2D eigenvalue weighted by atomic mass is 19.1. The van der Waals surface area contributed by atoms with Gasteiger partial charge in [0.2, 0.25) is 0 Å². The summed E-state index contributed by atoms with van der Waals surface area (Å²) < 4.78 is 21.9. The Kier molecular flexibility index (Phi) is 6.45. The van der Waals surface area contributed by atoms with Gasteiger partial charge in [0.15, 0.2) is 0 Å². The number of phenolic OH excluding ortho intramolecular Hbond substituents is 1. The number of nitrogens with one attached hydrogen (secondary N) is 1. The van der Waals surface area contributed by atoms with E-state index < -0.39 is 0 Å². The Morgan fingerprint density at radius 2 is 1.86 bits per heavy atom. The van der Waals surface area contributed by atoms with Gasteiger partial charge in [0.05, 0.1) is 23.5 Å². The Hall–Kier alpha value is -3.17. The molecule has 5 atom stereocenters. The predicted molar refractivity (Wildman–Crippen MR) is 169 cm³/mol. The molecule has 44 heavy (non-hydrogen) atoms. The van der Waals surface area contributed by atoms with Gasteiger partial charge < -0.3 is 25.0 Å². The molecule has 5 aliphatic heterocycles. The van der Waals surface area contributed by atoms with Crippen LogP contribution in [-0.2, 0) is 13.0 Å². The van der Waals surface area contributed by atoms with Gasteiger partial charge in [0.25, 0.3) is 0 Å². The minimum Gasteiger partial charge on any atom is -0.508 e. The number of benzene rings is 2. The van der Waals surface area contributed by atoms with Gasteiger partial charge in [-0.2, -0.15) is 9.97 Å². The lowest BCUT2D eigenvalue weighted by Crippen LogP contribution is -2.52. The number of halogens is 1. The first-order valence-corrected chi connectivity index (χ1v) is 17.0. The zero-order chi connectivity index (χ0) is 29.4. The molecule has 9 heteroatoms. The van der Waals surface area contributed by atoms with Crippen LogP contribution in [0.1, 0.15) is 69.0 Å². The first-order valence-electron chi connectivity index (χ1n) is 17.0. The first kappa shape index (κ1) is 27.2. The standard InChI is InChI=1S/C35H43FN6O2/c36-28-7-3-6-22-15-26(43)16-31(32(22)28)40-14-11-27-29(20-40)38-34(39-33(27)41-18-24-9-10-25(19-41)37-24)44-21-35-12-4-13-42(35)30-8-2-1-5-23(30)17-35/h3,6-7,15-16,23-25,30,37,43H,1-2,4-5,8-14,17-21H2. The maximum atomic E-state index is 15.2. The van der Waals surface area contributed by atoms with E-state index in [2.05, 4.69) is 20.0 Å². The van der Waals surface area contributed by atoms with Crippen LogP contribution < -0.4 is 19.9 Å². The number of ether oxygens (including phenoxy) is 1. The molecular weight excluding hydrogens is 555 g/mol. The highest BCUT2D eigenvalue weighted by Crippen LogP contribution is 2.50. The average Bonchev–Trinajstić information content (AvgIpc) is 3.69. The fourth-order valence-electron chi connectivity index (χ4n) is 9.92. The summed E-state index contributed by atoms with van der Waals surface area (Å²) in [6, 6.07) is 10.6. The van der Waals surface area contributed by atoms with Crippen molar-refractivity contribution in [3.05, 3.63) is 47.4 Å². The third kappa shape index (κ3) is 4.44. The Balaban J connectivity index is 1.06. The summed E-state index contributed by atoms with van der Waals surface area (Å²) >= 11 is 0. The molecule has 0 spiro atoms. The summed E-state index contributed by atoms with van der Waals surface area (Å²) in [5.41, 5.74) is 2.96. The molecule has 232 valence electrons. The van der Waals surface area contributed by atoms with Crippen LogP contribution in [0.25, 0.3) is 10.8 Å². The van der Waals surface area contributed by atoms with Crippen molar-refractivity contribution in [1.82, 2.24) is 20.2 Å². The second kappa shape index (κ2) is 10.4. The molecule has 2 bridgehead atoms. The minimum atomic E-state index is -0.274. The van der Waals surface area contributed by atoms with E-state index in [4.69, 9.17) is 14.7 Å². The van der Waals surface area contributed by atoms with Crippen molar-refractivity contribution in [2.24, 2.45) is 5.92 Å². The Morgan fingerprint density at radius 1 is 1.00 bits per heavy atom. The molecule has 1 aromatic heterocycles. The first-order chi connectivity index (χ1) is 21.5. The van der Waals surface area contributed by atoms with Crippen molar-refractivity contribution < 1.29 is 14.2 Å². The lowest BCUT2D eigenvalue weighted by atomic mass is 9.82. The molecule has 5 fully saturated rings. The lowest BCUT2D eigenvalue weighted by molar-refractivity contribution is 0.0774. The van der Waals surface area contributed by atoms with Gasteiger partial charge in [-0.05, 0) is 81.3 Å². The van der Waals surface area contributed by atoms with E-state index in [-0.39, 0.29) is 17.1 Å². The van der Waals surface area contributed by atoms with Crippen LogP contribution in [0, 0.1) is 11.7 Å². The van der Waals surface area contributed by atoms with Crippen molar-refractivity contribution in [3.63, 3.8) is 0 Å². The fraction of sp³-hybridized carbons (Fsp3) is 0.600. The summed E-state index contributed by atoms with van der Waals surface area (Å²) in [7, 11) is 0. The van der Waals surface area contributed by atoms with Crippen LogP contribution >= 0.6 is 0 Å². The van der Waals surface area contributed by atoms with Crippen LogP contribution in [0.4, 0.5) is 15.9 Å². The molecule has 3 aromatic rings. The van der Waals surface area contributed by atoms with Gasteiger partial charge >= 0.3 is 6.01 Å². The van der Waals surface area contributed by atoms with Gasteiger partial charge in [-0.3, -0.25) is 4.90 Å². The molecule has 4 saturated heterocycles. The number of nitrogens with zero attached hydrogens (tertiary/aromatic N) is 5. The van der Waals surface area contributed by atoms with Gasteiger partial charge in [0.1, 0.15) is 24.0 Å². The van der Waals surface area contributed by atoms with Crippen LogP contribution in [-0.4, -0.2) is 76.4 Å². The molecule has 0 amide bonds. The molecule has 6 aliphatic rings. The number of aromatic nitrogens is 2. The van der Waals surface area contributed by atoms with Crippen molar-refractivity contribution in [1.29, 1.82) is 0 Å². The molecule has 9 rings (SSSR count). The van der Waals surface area contributed by atoms with Gasteiger partial charge in [-0.25, -0.2) is 4.39 Å². The van der Waals surface area contributed by atoms with Gasteiger partial charge in [-0.15, -0.1) is 0 Å². The number of hydrogen-bond donors (Lipinski definition) is 2. The molecule has 2 N–H and O–H groups in total. The third-order valence-electron chi connectivity index (χ3n) is 11.8. The smallest absolute Gasteiger partial charge is 0.318 e. The number of piperazine rings is 1. The van der Waals surface area contributed by atoms with E-state index in [0.29, 0.717) is 54.3 Å². The Bertz CT molecular complexity index is 1590. The molecule has 1 saturated carbocycles. The number of fused-ring (bicyclic) bond motifs is 7. The number of rotatable bonds is 5. The minimum absolute atomic E-state index is 0.108. The van der Waals surface area contributed by atoms with Crippen molar-refractivity contribution in [3.8, 4) is 11.8 Å². The topological polar surface area (TPSA) is 77.0 Å². The van der Waals surface area contributed by atoms with E-state index in [1.165, 1.54) is 76.0 Å². The quantitative estimate of drug-likeness (QED) is 0.418. The maximum Gasteiger partial charge on any atom is 0.318 e. The lowest BCUT2D eigenvalue weighted by Gasteiger charge is -2.38. The summed E-state index contributed by atoms with van der Waals surface area (Å²) in [5, 5.41) is 15.6. The zero-order valence-electron chi connectivity index (χ0n) is 25.5. The fourth-order valence-corrected chi connectivity index (χ4v) is 9.92. The molecule has 5 unspecified atom stereocenters. The Morgan fingerprint density at radius 3 is 2.75 bits per heavy atom. The van der Waals surface area contributed by atoms with Gasteiger partial charge in [0, 0.05) is 54.8 Å². The largest absolute Gasteiger partial charge is 0.508 e. The second-order valence-electron chi connectivity index (χ2n) is 14.4. The monoisotopic (exact) mass is 598 g/mol. The van der Waals surface area contributed by atoms with Crippen molar-refractivity contribution in [2.45, 2.75) is 94.4 Å². The van der Waals surface area contributed by atoms with Crippen molar-refractivity contribution >= 4 is 22.3 Å². The van der Waals surface area contributed by atoms with E-state index in [9.17, 15) is 5.11 Å². The number of aromatic hydroxyl groups is 1. The molecular formula is C35H43FN6O2. The molecule has 1 aliphatic carbocycles. The Labute approximate surface area is 258 Å². The molecule has 0 radical (unpaired) electrons. The van der Waals surface area contributed by atoms with Crippen LogP contribution in [0.2, 0.25) is 0 Å². The number of anilines is 2. The SMILES string of the molecule is Oc1cc(N2CCc3c(nc(OCC45CCCN4C4CCCCC4C5)nc3N3CC4CCC(C3)N4)C2)c2c(F)cccc2c1. The predicted octanol–water partition coefficient (Wildman–Crippen LogP) is 5.15. The van der Waals surface area contributed by atoms with Crippen LogP contribution in [0.5, 0.6) is 11.8 Å². The normalized spacial score (nSPS) is 31.3. The molecule has 6 heterocycles. The molecule has 8 nitrogen and oxygen atoms in total. The third-order valence-corrected chi connectivity index (χ3v) is 11.8. The van der Waals surface area contributed by atoms with Crippen LogP contribution in [0.3, 0.4) is 0 Å². The maximum absolute atomic E-state index is 15.2.